The number of carbonyl (C=O) groups excluding carboxylic acids is 1. The third-order valence-electron chi connectivity index (χ3n) is 3.77. The van der Waals surface area contributed by atoms with Crippen molar-refractivity contribution in [3.8, 4) is 11.5 Å². The number of para-hydroxylation sites is 1. The molecule has 0 radical (unpaired) electrons. The second-order valence-electron chi connectivity index (χ2n) is 5.05. The third-order valence-corrected chi connectivity index (χ3v) is 4.23. The Morgan fingerprint density at radius 1 is 1.32 bits per heavy atom. The number of anilines is 1. The highest BCUT2D eigenvalue weighted by molar-refractivity contribution is 9.10. The number of methoxy groups -OCH3 is 1. The number of rotatable bonds is 2. The summed E-state index contributed by atoms with van der Waals surface area (Å²) in [6.07, 6.45) is -0.478. The van der Waals surface area contributed by atoms with Crippen LogP contribution in [0.3, 0.4) is 0 Å². The van der Waals surface area contributed by atoms with Crippen molar-refractivity contribution < 1.29 is 14.6 Å². The molecule has 0 fully saturated rings. The Hall–Kier alpha value is -2.21. The molecule has 0 aliphatic carbocycles. The number of nitrogens with one attached hydrogen (secondary N) is 1. The number of nitrogens with zero attached hydrogens (tertiary/aromatic N) is 1. The molecule has 1 heterocycles. The van der Waals surface area contributed by atoms with Gasteiger partial charge in [0.15, 0.2) is 11.5 Å². The molecule has 1 unspecified atom stereocenters. The van der Waals surface area contributed by atoms with Gasteiger partial charge >= 0.3 is 0 Å². The first-order valence-electron chi connectivity index (χ1n) is 6.72. The molecular formula is C16H15BrN2O3. The summed E-state index contributed by atoms with van der Waals surface area (Å²) in [5.74, 6) is 0.199. The molecular weight excluding hydrogens is 348 g/mol. The van der Waals surface area contributed by atoms with Gasteiger partial charge in [0, 0.05) is 17.1 Å². The van der Waals surface area contributed by atoms with Gasteiger partial charge in [0.25, 0.3) is 5.91 Å². The summed E-state index contributed by atoms with van der Waals surface area (Å²) in [4.78, 5) is 14.2. The predicted molar refractivity (Wildman–Crippen MR) is 87.4 cm³/mol. The first-order valence-corrected chi connectivity index (χ1v) is 7.51. The summed E-state index contributed by atoms with van der Waals surface area (Å²) in [6, 6.07) is 10.8. The topological polar surface area (TPSA) is 61.8 Å². The minimum absolute atomic E-state index is 0.0160. The maximum absolute atomic E-state index is 12.3. The molecule has 1 aliphatic heterocycles. The zero-order chi connectivity index (χ0) is 15.9. The maximum Gasteiger partial charge on any atom is 0.255 e. The van der Waals surface area contributed by atoms with Gasteiger partial charge in [-0.3, -0.25) is 4.79 Å². The van der Waals surface area contributed by atoms with E-state index >= 15 is 0 Å². The number of phenolic OH excluding ortho intramolecular Hbond substituents is 1. The smallest absolute Gasteiger partial charge is 0.255 e. The van der Waals surface area contributed by atoms with Crippen molar-refractivity contribution in [1.82, 2.24) is 5.32 Å². The lowest BCUT2D eigenvalue weighted by Crippen LogP contribution is -2.44. The average molecular weight is 363 g/mol. The van der Waals surface area contributed by atoms with Crippen molar-refractivity contribution in [3.63, 3.8) is 0 Å². The van der Waals surface area contributed by atoms with Crippen molar-refractivity contribution in [2.75, 3.05) is 19.1 Å². The first kappa shape index (κ1) is 14.7. The van der Waals surface area contributed by atoms with Crippen LogP contribution in [-0.4, -0.2) is 25.2 Å². The second-order valence-corrected chi connectivity index (χ2v) is 5.97. The Kier molecular flexibility index (Phi) is 3.70. The molecule has 2 N–H and O–H groups in total. The van der Waals surface area contributed by atoms with Crippen LogP contribution < -0.4 is 15.0 Å². The number of amides is 1. The number of aromatic hydroxyl groups is 1. The van der Waals surface area contributed by atoms with E-state index in [2.05, 4.69) is 21.2 Å². The van der Waals surface area contributed by atoms with Crippen LogP contribution in [0.15, 0.2) is 40.9 Å². The monoisotopic (exact) mass is 362 g/mol. The zero-order valence-electron chi connectivity index (χ0n) is 12.1. The molecule has 6 heteroatoms. The van der Waals surface area contributed by atoms with E-state index < -0.39 is 6.17 Å². The van der Waals surface area contributed by atoms with Crippen molar-refractivity contribution in [2.45, 2.75) is 6.17 Å². The van der Waals surface area contributed by atoms with E-state index in [1.807, 2.05) is 30.1 Å². The molecule has 5 nitrogen and oxygen atoms in total. The van der Waals surface area contributed by atoms with Gasteiger partial charge in [-0.25, -0.2) is 0 Å². The number of phenols is 1. The summed E-state index contributed by atoms with van der Waals surface area (Å²) in [6.45, 7) is 0. The molecule has 2 aromatic carbocycles. The lowest BCUT2D eigenvalue weighted by atomic mass is 10.0. The third kappa shape index (κ3) is 2.29. The number of fused-ring (bicyclic) bond motifs is 1. The molecule has 0 saturated heterocycles. The molecule has 22 heavy (non-hydrogen) atoms. The SMILES string of the molecule is COc1cc(Br)cc(C2NC(=O)c3ccccc3N2C)c1O. The number of hydrogen-bond acceptors (Lipinski definition) is 4. The second kappa shape index (κ2) is 5.53. The van der Waals surface area contributed by atoms with Crippen LogP contribution in [-0.2, 0) is 0 Å². The molecule has 0 saturated carbocycles. The fourth-order valence-corrected chi connectivity index (χ4v) is 3.11. The van der Waals surface area contributed by atoms with E-state index in [4.69, 9.17) is 4.74 Å². The molecule has 1 amide bonds. The lowest BCUT2D eigenvalue weighted by Gasteiger charge is -2.36. The quantitative estimate of drug-likeness (QED) is 0.861. The van der Waals surface area contributed by atoms with Crippen LogP contribution in [0, 0.1) is 0 Å². The van der Waals surface area contributed by atoms with Gasteiger partial charge in [0.1, 0.15) is 6.17 Å². The van der Waals surface area contributed by atoms with Crippen molar-refractivity contribution >= 4 is 27.5 Å². The lowest BCUT2D eigenvalue weighted by molar-refractivity contribution is 0.0927. The van der Waals surface area contributed by atoms with E-state index in [0.29, 0.717) is 16.9 Å². The minimum Gasteiger partial charge on any atom is -0.504 e. The van der Waals surface area contributed by atoms with E-state index in [1.54, 1.807) is 18.2 Å². The van der Waals surface area contributed by atoms with Crippen LogP contribution >= 0.6 is 15.9 Å². The number of ether oxygens (including phenoxy) is 1. The first-order chi connectivity index (χ1) is 10.5. The normalized spacial score (nSPS) is 17.0. The van der Waals surface area contributed by atoms with Gasteiger partial charge in [-0.15, -0.1) is 0 Å². The van der Waals surface area contributed by atoms with Crippen LogP contribution in [0.2, 0.25) is 0 Å². The summed E-state index contributed by atoms with van der Waals surface area (Å²) >= 11 is 3.40. The minimum atomic E-state index is -0.478. The molecule has 114 valence electrons. The number of halogens is 1. The van der Waals surface area contributed by atoms with Crippen LogP contribution in [0.5, 0.6) is 11.5 Å². The Bertz CT molecular complexity index is 748. The number of carbonyl (C=O) groups is 1. The van der Waals surface area contributed by atoms with Gasteiger partial charge in [-0.05, 0) is 24.3 Å². The highest BCUT2D eigenvalue weighted by atomic mass is 79.9. The molecule has 3 rings (SSSR count). The molecule has 0 spiro atoms. The fraction of sp³-hybridized carbons (Fsp3) is 0.188. The van der Waals surface area contributed by atoms with Crippen LogP contribution in [0.1, 0.15) is 22.1 Å². The van der Waals surface area contributed by atoms with Crippen LogP contribution in [0.4, 0.5) is 5.69 Å². The van der Waals surface area contributed by atoms with E-state index in [1.165, 1.54) is 7.11 Å². The molecule has 1 aliphatic rings. The van der Waals surface area contributed by atoms with Crippen molar-refractivity contribution in [3.05, 3.63) is 52.0 Å². The molecule has 0 aromatic heterocycles. The number of hydrogen-bond donors (Lipinski definition) is 2. The molecule has 1 atom stereocenters. The van der Waals surface area contributed by atoms with Crippen molar-refractivity contribution in [1.29, 1.82) is 0 Å². The summed E-state index contributed by atoms with van der Waals surface area (Å²) < 4.78 is 5.94. The van der Waals surface area contributed by atoms with Gasteiger partial charge in [0.2, 0.25) is 0 Å². The van der Waals surface area contributed by atoms with Crippen molar-refractivity contribution in [2.24, 2.45) is 0 Å². The summed E-state index contributed by atoms with van der Waals surface area (Å²) in [5, 5.41) is 13.3. The zero-order valence-corrected chi connectivity index (χ0v) is 13.7. The largest absolute Gasteiger partial charge is 0.504 e. The standard InChI is InChI=1S/C16H15BrN2O3/c1-19-12-6-4-3-5-10(12)16(21)18-15(19)11-7-9(17)8-13(22-2)14(11)20/h3-8,15,20H,1-2H3,(H,18,21). The Balaban J connectivity index is 2.11. The van der Waals surface area contributed by atoms with E-state index in [0.717, 1.165) is 10.2 Å². The van der Waals surface area contributed by atoms with E-state index in [-0.39, 0.29) is 11.7 Å². The molecule has 0 bridgehead atoms. The van der Waals surface area contributed by atoms with Crippen LogP contribution in [0.25, 0.3) is 0 Å². The van der Waals surface area contributed by atoms with E-state index in [9.17, 15) is 9.90 Å². The average Bonchev–Trinajstić information content (AvgIpc) is 2.53. The highest BCUT2D eigenvalue weighted by Gasteiger charge is 2.31. The number of benzene rings is 2. The highest BCUT2D eigenvalue weighted by Crippen LogP contribution is 2.40. The van der Waals surface area contributed by atoms with Gasteiger partial charge in [-0.2, -0.15) is 0 Å². The van der Waals surface area contributed by atoms with Gasteiger partial charge in [-0.1, -0.05) is 28.1 Å². The molecule has 2 aromatic rings. The summed E-state index contributed by atoms with van der Waals surface area (Å²) in [7, 11) is 3.36. The Morgan fingerprint density at radius 2 is 2.05 bits per heavy atom. The fourth-order valence-electron chi connectivity index (χ4n) is 2.66. The van der Waals surface area contributed by atoms with Gasteiger partial charge in [0.05, 0.1) is 18.4 Å². The summed E-state index contributed by atoms with van der Waals surface area (Å²) in [5.41, 5.74) is 1.99. The predicted octanol–water partition coefficient (Wildman–Crippen LogP) is 3.04. The van der Waals surface area contributed by atoms with Gasteiger partial charge < -0.3 is 20.1 Å². The Labute approximate surface area is 136 Å². The Morgan fingerprint density at radius 3 is 2.77 bits per heavy atom. The maximum atomic E-state index is 12.3.